The highest BCUT2D eigenvalue weighted by Gasteiger charge is 2.37. The van der Waals surface area contributed by atoms with Gasteiger partial charge < -0.3 is 15.2 Å². The lowest BCUT2D eigenvalue weighted by Crippen LogP contribution is -2.38. The van der Waals surface area contributed by atoms with Crippen molar-refractivity contribution in [2.45, 2.75) is 26.8 Å². The molecule has 0 fully saturated rings. The van der Waals surface area contributed by atoms with Gasteiger partial charge in [0.15, 0.2) is 11.6 Å². The lowest BCUT2D eigenvalue weighted by Gasteiger charge is -2.30. The highest BCUT2D eigenvalue weighted by Crippen LogP contribution is 2.34. The van der Waals surface area contributed by atoms with Gasteiger partial charge in [0.1, 0.15) is 0 Å². The number of carboxylic acid groups (broad SMARTS) is 1. The van der Waals surface area contributed by atoms with E-state index in [9.17, 15) is 14.3 Å². The second-order valence-electron chi connectivity index (χ2n) is 4.87. The largest absolute Gasteiger partial charge is 0.491 e. The third-order valence-electron chi connectivity index (χ3n) is 3.15. The van der Waals surface area contributed by atoms with Gasteiger partial charge >= 0.3 is 5.97 Å². The number of carboxylic acids is 1. The van der Waals surface area contributed by atoms with Crippen molar-refractivity contribution in [2.24, 2.45) is 5.41 Å². The Morgan fingerprint density at radius 2 is 2.16 bits per heavy atom. The molecule has 0 amide bonds. The molecule has 1 rings (SSSR count). The normalized spacial score (nSPS) is 13.1. The van der Waals surface area contributed by atoms with Gasteiger partial charge in [-0.3, -0.25) is 4.79 Å². The second-order valence-corrected chi connectivity index (χ2v) is 4.87. The minimum atomic E-state index is -1.05. The average Bonchev–Trinajstić information content (AvgIpc) is 2.33. The third kappa shape index (κ3) is 3.23. The summed E-state index contributed by atoms with van der Waals surface area (Å²) >= 11 is 0. The minimum Gasteiger partial charge on any atom is -0.491 e. The molecule has 0 bridgehead atoms. The van der Waals surface area contributed by atoms with E-state index < -0.39 is 23.2 Å². The Balaban J connectivity index is 3.13. The lowest BCUT2D eigenvalue weighted by molar-refractivity contribution is -0.148. The van der Waals surface area contributed by atoms with Crippen molar-refractivity contribution in [3.05, 3.63) is 29.6 Å². The first kappa shape index (κ1) is 15.4. The van der Waals surface area contributed by atoms with Crippen LogP contribution in [0.2, 0.25) is 0 Å². The van der Waals surface area contributed by atoms with Crippen molar-refractivity contribution < 1.29 is 19.0 Å². The fourth-order valence-corrected chi connectivity index (χ4v) is 2.04. The zero-order valence-corrected chi connectivity index (χ0v) is 11.7. The van der Waals surface area contributed by atoms with Gasteiger partial charge in [0.05, 0.1) is 12.0 Å². The van der Waals surface area contributed by atoms with Crippen LogP contribution < -0.4 is 10.1 Å². The highest BCUT2D eigenvalue weighted by atomic mass is 19.1. The van der Waals surface area contributed by atoms with E-state index >= 15 is 0 Å². The zero-order chi connectivity index (χ0) is 14.6. The van der Waals surface area contributed by atoms with Crippen LogP contribution in [0.4, 0.5) is 4.39 Å². The first-order chi connectivity index (χ1) is 8.84. The zero-order valence-electron chi connectivity index (χ0n) is 11.7. The number of carbonyl (C=O) groups is 1. The molecule has 19 heavy (non-hydrogen) atoms. The molecule has 106 valence electrons. The van der Waals surface area contributed by atoms with E-state index in [-0.39, 0.29) is 5.75 Å². The van der Waals surface area contributed by atoms with Crippen LogP contribution in [-0.4, -0.2) is 24.7 Å². The van der Waals surface area contributed by atoms with E-state index in [1.54, 1.807) is 33.9 Å². The first-order valence-corrected chi connectivity index (χ1v) is 6.17. The molecule has 0 saturated carbocycles. The second kappa shape index (κ2) is 6.02. The molecule has 1 aromatic rings. The van der Waals surface area contributed by atoms with Crippen LogP contribution in [0.3, 0.4) is 0 Å². The summed E-state index contributed by atoms with van der Waals surface area (Å²) in [7, 11) is 1.66. The van der Waals surface area contributed by atoms with Crippen molar-refractivity contribution in [3.8, 4) is 5.75 Å². The Labute approximate surface area is 112 Å². The number of benzene rings is 1. The molecule has 2 N–H and O–H groups in total. The molecule has 0 heterocycles. The van der Waals surface area contributed by atoms with Gasteiger partial charge in [0.2, 0.25) is 0 Å². The molecule has 1 aromatic carbocycles. The van der Waals surface area contributed by atoms with Gasteiger partial charge in [-0.2, -0.15) is 0 Å². The molecule has 5 heteroatoms. The van der Waals surface area contributed by atoms with Crippen LogP contribution in [0.5, 0.6) is 5.75 Å². The molecule has 0 spiro atoms. The standard InChI is InChI=1S/C14H20FNO3/c1-5-19-11-7-6-9(8-10(11)15)12(16-4)14(2,3)13(17)18/h6-8,12,16H,5H2,1-4H3,(H,17,18). The van der Waals surface area contributed by atoms with Gasteiger partial charge in [0, 0.05) is 6.04 Å². The van der Waals surface area contributed by atoms with E-state index in [1.807, 2.05) is 0 Å². The lowest BCUT2D eigenvalue weighted by atomic mass is 9.80. The fraction of sp³-hybridized carbons (Fsp3) is 0.500. The Bertz CT molecular complexity index is 460. The summed E-state index contributed by atoms with van der Waals surface area (Å²) in [5.41, 5.74) is -0.468. The Kier molecular flexibility index (Phi) is 4.89. The van der Waals surface area contributed by atoms with Crippen LogP contribution in [0, 0.1) is 11.2 Å². The summed E-state index contributed by atoms with van der Waals surface area (Å²) in [6.45, 7) is 5.36. The molecule has 4 nitrogen and oxygen atoms in total. The van der Waals surface area contributed by atoms with Gasteiger partial charge in [0.25, 0.3) is 0 Å². The molecular weight excluding hydrogens is 249 g/mol. The molecule has 0 radical (unpaired) electrons. The number of nitrogens with one attached hydrogen (secondary N) is 1. The van der Waals surface area contributed by atoms with E-state index in [0.717, 1.165) is 0 Å². The van der Waals surface area contributed by atoms with Crippen LogP contribution in [0.25, 0.3) is 0 Å². The number of rotatable bonds is 6. The number of hydrogen-bond acceptors (Lipinski definition) is 3. The number of halogens is 1. The third-order valence-corrected chi connectivity index (χ3v) is 3.15. The Hall–Kier alpha value is -1.62. The monoisotopic (exact) mass is 269 g/mol. The summed E-state index contributed by atoms with van der Waals surface area (Å²) in [5, 5.41) is 12.2. The molecule has 0 aliphatic rings. The Morgan fingerprint density at radius 1 is 1.53 bits per heavy atom. The minimum absolute atomic E-state index is 0.175. The summed E-state index contributed by atoms with van der Waals surface area (Å²) in [6, 6.07) is 4.03. The summed E-state index contributed by atoms with van der Waals surface area (Å²) in [4.78, 5) is 11.3. The SMILES string of the molecule is CCOc1ccc(C(NC)C(C)(C)C(=O)O)cc1F. The smallest absolute Gasteiger partial charge is 0.311 e. The maximum atomic E-state index is 13.8. The fourth-order valence-electron chi connectivity index (χ4n) is 2.04. The molecule has 1 unspecified atom stereocenters. The maximum absolute atomic E-state index is 13.8. The van der Waals surface area contributed by atoms with Gasteiger partial charge in [-0.15, -0.1) is 0 Å². The Morgan fingerprint density at radius 3 is 2.58 bits per heavy atom. The number of aliphatic carboxylic acids is 1. The average molecular weight is 269 g/mol. The van der Waals surface area contributed by atoms with E-state index in [1.165, 1.54) is 12.1 Å². The van der Waals surface area contributed by atoms with E-state index in [2.05, 4.69) is 5.32 Å². The number of hydrogen-bond donors (Lipinski definition) is 2. The van der Waals surface area contributed by atoms with Crippen LogP contribution in [0.15, 0.2) is 18.2 Å². The first-order valence-electron chi connectivity index (χ1n) is 6.17. The predicted molar refractivity (Wildman–Crippen MR) is 70.8 cm³/mol. The van der Waals surface area contributed by atoms with Crippen molar-refractivity contribution in [3.63, 3.8) is 0 Å². The topological polar surface area (TPSA) is 58.6 Å². The molecule has 0 aliphatic heterocycles. The summed E-state index contributed by atoms with van der Waals surface area (Å²) in [6.07, 6.45) is 0. The van der Waals surface area contributed by atoms with Crippen molar-refractivity contribution in [2.75, 3.05) is 13.7 Å². The molecule has 0 aliphatic carbocycles. The quantitative estimate of drug-likeness (QED) is 0.833. The highest BCUT2D eigenvalue weighted by molar-refractivity contribution is 5.75. The molecule has 1 atom stereocenters. The van der Waals surface area contributed by atoms with Crippen molar-refractivity contribution in [1.82, 2.24) is 5.32 Å². The van der Waals surface area contributed by atoms with Crippen molar-refractivity contribution in [1.29, 1.82) is 0 Å². The predicted octanol–water partition coefficient (Wildman–Crippen LogP) is 2.60. The van der Waals surface area contributed by atoms with Gasteiger partial charge in [-0.25, -0.2) is 4.39 Å². The summed E-state index contributed by atoms with van der Waals surface area (Å²) in [5.74, 6) is -1.25. The van der Waals surface area contributed by atoms with Gasteiger partial charge in [-0.1, -0.05) is 6.07 Å². The van der Waals surface area contributed by atoms with E-state index in [0.29, 0.717) is 12.2 Å². The number of ether oxygens (including phenoxy) is 1. The van der Waals surface area contributed by atoms with Crippen LogP contribution in [0.1, 0.15) is 32.4 Å². The van der Waals surface area contributed by atoms with E-state index in [4.69, 9.17) is 4.74 Å². The summed E-state index contributed by atoms with van der Waals surface area (Å²) < 4.78 is 18.9. The maximum Gasteiger partial charge on any atom is 0.311 e. The van der Waals surface area contributed by atoms with Crippen LogP contribution in [-0.2, 0) is 4.79 Å². The van der Waals surface area contributed by atoms with Crippen LogP contribution >= 0.6 is 0 Å². The van der Waals surface area contributed by atoms with Crippen molar-refractivity contribution >= 4 is 5.97 Å². The molecule has 0 saturated heterocycles. The van der Waals surface area contributed by atoms with Gasteiger partial charge in [-0.05, 0) is 45.5 Å². The molecule has 0 aromatic heterocycles. The molecular formula is C14H20FNO3.